The summed E-state index contributed by atoms with van der Waals surface area (Å²) < 4.78 is 0. The van der Waals surface area contributed by atoms with Crippen molar-refractivity contribution in [2.45, 2.75) is 39.2 Å². The Morgan fingerprint density at radius 2 is 2.07 bits per heavy atom. The number of ketones is 1. The Balaban J connectivity index is 3.86. The molecular formula is C10H22N4O. The molecule has 0 aliphatic carbocycles. The summed E-state index contributed by atoms with van der Waals surface area (Å²) in [6, 6.07) is -0.0470. The van der Waals surface area contributed by atoms with Gasteiger partial charge in [-0.15, -0.1) is 0 Å². The van der Waals surface area contributed by atoms with Gasteiger partial charge in [-0.25, -0.2) is 0 Å². The van der Waals surface area contributed by atoms with E-state index in [0.29, 0.717) is 13.0 Å². The lowest BCUT2D eigenvalue weighted by molar-refractivity contribution is -0.120. The molecule has 0 saturated heterocycles. The van der Waals surface area contributed by atoms with Crippen LogP contribution in [0.5, 0.6) is 0 Å². The molecule has 0 rings (SSSR count). The average molecular weight is 214 g/mol. The third kappa shape index (κ3) is 6.90. The summed E-state index contributed by atoms with van der Waals surface area (Å²) in [6.07, 6.45) is 2.18. The average Bonchev–Trinajstić information content (AvgIpc) is 2.21. The number of hydrogen-bond acceptors (Lipinski definition) is 3. The summed E-state index contributed by atoms with van der Waals surface area (Å²) in [5.41, 5.74) is 10.4. The number of aliphatic imine (C=N–C) groups is 1. The molecule has 88 valence electrons. The second-order valence-electron chi connectivity index (χ2n) is 3.38. The highest BCUT2D eigenvalue weighted by molar-refractivity contribution is 5.83. The maximum Gasteiger partial charge on any atom is 0.185 e. The van der Waals surface area contributed by atoms with Crippen molar-refractivity contribution in [2.24, 2.45) is 16.5 Å². The first-order valence-corrected chi connectivity index (χ1v) is 5.43. The van der Waals surface area contributed by atoms with Gasteiger partial charge in [-0.3, -0.25) is 9.79 Å². The Labute approximate surface area is 91.3 Å². The molecule has 0 fully saturated rings. The summed E-state index contributed by atoms with van der Waals surface area (Å²) in [5, 5.41) is 3.16. The van der Waals surface area contributed by atoms with E-state index in [1.165, 1.54) is 0 Å². The lowest BCUT2D eigenvalue weighted by Gasteiger charge is -2.14. The minimum Gasteiger partial charge on any atom is -0.370 e. The van der Waals surface area contributed by atoms with Gasteiger partial charge in [0.1, 0.15) is 5.78 Å². The van der Waals surface area contributed by atoms with Crippen LogP contribution < -0.4 is 16.8 Å². The maximum atomic E-state index is 11.5. The van der Waals surface area contributed by atoms with Crippen LogP contribution in [0, 0.1) is 0 Å². The minimum atomic E-state index is -0.0470. The van der Waals surface area contributed by atoms with E-state index in [1.807, 2.05) is 13.8 Å². The molecule has 0 saturated carbocycles. The molecule has 5 heteroatoms. The summed E-state index contributed by atoms with van der Waals surface area (Å²) in [6.45, 7) is 5.26. The topological polar surface area (TPSA) is 93.5 Å². The first kappa shape index (κ1) is 13.9. The third-order valence-electron chi connectivity index (χ3n) is 2.13. The SMILES string of the molecule is CCNC(CCCN=C(N)N)C(=O)CC. The Kier molecular flexibility index (Phi) is 7.62. The highest BCUT2D eigenvalue weighted by Gasteiger charge is 2.13. The standard InChI is InChI=1S/C10H22N4O/c1-3-9(15)8(13-4-2)6-5-7-14-10(11)12/h8,13H,3-7H2,1-2H3,(H4,11,12,14). The molecule has 1 atom stereocenters. The molecule has 0 aromatic heterocycles. The van der Waals surface area contributed by atoms with Gasteiger partial charge in [0, 0.05) is 13.0 Å². The molecule has 0 radical (unpaired) electrons. The van der Waals surface area contributed by atoms with Crippen LogP contribution in [-0.4, -0.2) is 30.9 Å². The Hall–Kier alpha value is -1.10. The van der Waals surface area contributed by atoms with Crippen LogP contribution in [0.15, 0.2) is 4.99 Å². The number of carbonyl (C=O) groups is 1. The zero-order valence-corrected chi connectivity index (χ0v) is 9.62. The van der Waals surface area contributed by atoms with Gasteiger partial charge in [0.25, 0.3) is 0 Å². The molecule has 0 bridgehead atoms. The largest absolute Gasteiger partial charge is 0.370 e. The number of likely N-dealkylation sites (N-methyl/N-ethyl adjacent to an activating group) is 1. The fourth-order valence-electron chi connectivity index (χ4n) is 1.37. The van der Waals surface area contributed by atoms with E-state index in [9.17, 15) is 4.79 Å². The van der Waals surface area contributed by atoms with Crippen LogP contribution in [-0.2, 0) is 4.79 Å². The highest BCUT2D eigenvalue weighted by Crippen LogP contribution is 2.01. The van der Waals surface area contributed by atoms with Crippen molar-refractivity contribution in [3.63, 3.8) is 0 Å². The maximum absolute atomic E-state index is 11.5. The van der Waals surface area contributed by atoms with E-state index in [-0.39, 0.29) is 17.8 Å². The van der Waals surface area contributed by atoms with Gasteiger partial charge in [0.05, 0.1) is 6.04 Å². The van der Waals surface area contributed by atoms with Gasteiger partial charge in [0.2, 0.25) is 0 Å². The van der Waals surface area contributed by atoms with Crippen molar-refractivity contribution in [1.82, 2.24) is 5.32 Å². The number of guanidine groups is 1. The number of hydrogen-bond donors (Lipinski definition) is 3. The number of carbonyl (C=O) groups excluding carboxylic acids is 1. The second-order valence-corrected chi connectivity index (χ2v) is 3.38. The van der Waals surface area contributed by atoms with Crippen LogP contribution in [0.2, 0.25) is 0 Å². The van der Waals surface area contributed by atoms with Crippen molar-refractivity contribution in [3.05, 3.63) is 0 Å². The molecule has 0 aliphatic rings. The lowest BCUT2D eigenvalue weighted by atomic mass is 10.1. The summed E-state index contributed by atoms with van der Waals surface area (Å²) in [5.74, 6) is 0.360. The Morgan fingerprint density at radius 1 is 1.40 bits per heavy atom. The van der Waals surface area contributed by atoms with Crippen molar-refractivity contribution < 1.29 is 4.79 Å². The van der Waals surface area contributed by atoms with Crippen LogP contribution >= 0.6 is 0 Å². The number of Topliss-reactive ketones (excluding diaryl/α,β-unsaturated/α-hetero) is 1. The zero-order chi connectivity index (χ0) is 11.7. The number of nitrogens with zero attached hydrogens (tertiary/aromatic N) is 1. The third-order valence-corrected chi connectivity index (χ3v) is 2.13. The summed E-state index contributed by atoms with van der Waals surface area (Å²) >= 11 is 0. The van der Waals surface area contributed by atoms with E-state index in [1.54, 1.807) is 0 Å². The van der Waals surface area contributed by atoms with Crippen LogP contribution in [0.4, 0.5) is 0 Å². The fraction of sp³-hybridized carbons (Fsp3) is 0.800. The Morgan fingerprint density at radius 3 is 2.53 bits per heavy atom. The normalized spacial score (nSPS) is 12.1. The second kappa shape index (κ2) is 8.23. The van der Waals surface area contributed by atoms with Crippen molar-refractivity contribution in [2.75, 3.05) is 13.1 Å². The van der Waals surface area contributed by atoms with Crippen LogP contribution in [0.1, 0.15) is 33.1 Å². The molecule has 1 unspecified atom stereocenters. The molecule has 0 spiro atoms. The number of rotatable bonds is 8. The monoisotopic (exact) mass is 214 g/mol. The molecule has 0 aromatic carbocycles. The van der Waals surface area contributed by atoms with E-state index >= 15 is 0 Å². The number of nitrogens with one attached hydrogen (secondary N) is 1. The first-order chi connectivity index (χ1) is 7.11. The van der Waals surface area contributed by atoms with Gasteiger partial charge >= 0.3 is 0 Å². The first-order valence-electron chi connectivity index (χ1n) is 5.43. The molecule has 0 aromatic rings. The van der Waals surface area contributed by atoms with E-state index < -0.39 is 0 Å². The van der Waals surface area contributed by atoms with Gasteiger partial charge in [0.15, 0.2) is 5.96 Å². The van der Waals surface area contributed by atoms with E-state index in [4.69, 9.17) is 11.5 Å². The smallest absolute Gasteiger partial charge is 0.185 e. The van der Waals surface area contributed by atoms with Gasteiger partial charge in [-0.2, -0.15) is 0 Å². The molecule has 5 N–H and O–H groups in total. The van der Waals surface area contributed by atoms with Crippen molar-refractivity contribution in [3.8, 4) is 0 Å². The summed E-state index contributed by atoms with van der Waals surface area (Å²) in [7, 11) is 0. The van der Waals surface area contributed by atoms with Crippen molar-refractivity contribution in [1.29, 1.82) is 0 Å². The van der Waals surface area contributed by atoms with Gasteiger partial charge in [-0.05, 0) is 19.4 Å². The zero-order valence-electron chi connectivity index (χ0n) is 9.62. The van der Waals surface area contributed by atoms with E-state index in [2.05, 4.69) is 10.3 Å². The number of nitrogens with two attached hydrogens (primary N) is 2. The molecule has 0 amide bonds. The van der Waals surface area contributed by atoms with Crippen LogP contribution in [0.3, 0.4) is 0 Å². The minimum absolute atomic E-state index is 0.0470. The van der Waals surface area contributed by atoms with E-state index in [0.717, 1.165) is 19.4 Å². The fourth-order valence-corrected chi connectivity index (χ4v) is 1.37. The molecule has 0 aliphatic heterocycles. The molecule has 0 heterocycles. The van der Waals surface area contributed by atoms with Gasteiger partial charge in [-0.1, -0.05) is 13.8 Å². The summed E-state index contributed by atoms with van der Waals surface area (Å²) in [4.78, 5) is 15.4. The van der Waals surface area contributed by atoms with Crippen molar-refractivity contribution >= 4 is 11.7 Å². The quantitative estimate of drug-likeness (QED) is 0.301. The predicted octanol–water partition coefficient (Wildman–Crippen LogP) is -0.00280. The highest BCUT2D eigenvalue weighted by atomic mass is 16.1. The Bertz CT molecular complexity index is 211. The van der Waals surface area contributed by atoms with Gasteiger partial charge < -0.3 is 16.8 Å². The lowest BCUT2D eigenvalue weighted by Crippen LogP contribution is -2.36. The predicted molar refractivity (Wildman–Crippen MR) is 62.7 cm³/mol. The molecular weight excluding hydrogens is 192 g/mol. The molecule has 5 nitrogen and oxygen atoms in total. The molecule has 15 heavy (non-hydrogen) atoms. The van der Waals surface area contributed by atoms with Crippen LogP contribution in [0.25, 0.3) is 0 Å².